The van der Waals surface area contributed by atoms with Gasteiger partial charge in [-0.1, -0.05) is 52.2 Å². The van der Waals surface area contributed by atoms with Crippen LogP contribution in [0.5, 0.6) is 0 Å². The molecule has 0 amide bonds. The first-order valence-electron chi connectivity index (χ1n) is 8.62. The van der Waals surface area contributed by atoms with Crippen LogP contribution < -0.4 is 0 Å². The van der Waals surface area contributed by atoms with Gasteiger partial charge in [-0.3, -0.25) is 0 Å². The molecular formula is C19H34. The molecule has 0 spiro atoms. The standard InChI is InChI=1S/C19H34/c1-4-5-6-7-8-13-18-14-9-10-15-19(18)16-11-12-17(2)3/h13,16-17H,4-12,14-15H2,1-3H3/b18-13-,19-16-. The Morgan fingerprint density at radius 2 is 1.53 bits per heavy atom. The molecule has 0 aromatic heterocycles. The van der Waals surface area contributed by atoms with Crippen molar-refractivity contribution in [3.8, 4) is 0 Å². The third kappa shape index (κ3) is 7.60. The molecule has 0 radical (unpaired) electrons. The Labute approximate surface area is 121 Å². The molecule has 0 atom stereocenters. The van der Waals surface area contributed by atoms with Crippen molar-refractivity contribution in [3.05, 3.63) is 23.3 Å². The fourth-order valence-corrected chi connectivity index (χ4v) is 2.86. The maximum Gasteiger partial charge on any atom is -0.0279 e. The van der Waals surface area contributed by atoms with E-state index in [4.69, 9.17) is 0 Å². The van der Waals surface area contributed by atoms with Crippen LogP contribution in [0.3, 0.4) is 0 Å². The predicted octanol–water partition coefficient (Wildman–Crippen LogP) is 6.82. The molecule has 0 N–H and O–H groups in total. The van der Waals surface area contributed by atoms with Crippen LogP contribution in [-0.4, -0.2) is 0 Å². The molecule has 1 aliphatic rings. The Bertz CT molecular complexity index is 280. The summed E-state index contributed by atoms with van der Waals surface area (Å²) in [5.74, 6) is 0.835. The molecule has 0 aromatic rings. The number of allylic oxidation sites excluding steroid dienone is 4. The van der Waals surface area contributed by atoms with Gasteiger partial charge >= 0.3 is 0 Å². The summed E-state index contributed by atoms with van der Waals surface area (Å²) < 4.78 is 0. The van der Waals surface area contributed by atoms with Crippen LogP contribution in [-0.2, 0) is 0 Å². The number of hydrogen-bond acceptors (Lipinski definition) is 0. The molecule has 1 aliphatic carbocycles. The Balaban J connectivity index is 2.40. The minimum Gasteiger partial charge on any atom is -0.0811 e. The van der Waals surface area contributed by atoms with Crippen molar-refractivity contribution >= 4 is 0 Å². The van der Waals surface area contributed by atoms with Gasteiger partial charge < -0.3 is 0 Å². The molecule has 0 aromatic carbocycles. The van der Waals surface area contributed by atoms with E-state index < -0.39 is 0 Å². The second kappa shape index (κ2) is 10.3. The zero-order valence-electron chi connectivity index (χ0n) is 13.5. The van der Waals surface area contributed by atoms with Crippen molar-refractivity contribution in [3.63, 3.8) is 0 Å². The monoisotopic (exact) mass is 262 g/mol. The third-order valence-corrected chi connectivity index (χ3v) is 4.14. The number of hydrogen-bond donors (Lipinski definition) is 0. The molecule has 110 valence electrons. The van der Waals surface area contributed by atoms with E-state index in [1.807, 2.05) is 0 Å². The smallest absolute Gasteiger partial charge is 0.0279 e. The average Bonchev–Trinajstić information content (AvgIpc) is 2.40. The van der Waals surface area contributed by atoms with E-state index >= 15 is 0 Å². The van der Waals surface area contributed by atoms with Crippen LogP contribution in [0, 0.1) is 5.92 Å². The SMILES string of the molecule is CCCCCC/C=C1/CCCC/C1=C/CCC(C)C. The lowest BCUT2D eigenvalue weighted by molar-refractivity contribution is 0.589. The first-order valence-corrected chi connectivity index (χ1v) is 8.62. The normalized spacial score (nSPS) is 20.6. The van der Waals surface area contributed by atoms with E-state index in [1.165, 1.54) is 70.6 Å². The zero-order chi connectivity index (χ0) is 13.9. The maximum absolute atomic E-state index is 2.55. The maximum atomic E-state index is 2.55. The molecule has 0 bridgehead atoms. The van der Waals surface area contributed by atoms with Crippen molar-refractivity contribution in [1.29, 1.82) is 0 Å². The average molecular weight is 262 g/mol. The highest BCUT2D eigenvalue weighted by molar-refractivity contribution is 5.32. The van der Waals surface area contributed by atoms with Crippen molar-refractivity contribution in [2.75, 3.05) is 0 Å². The highest BCUT2D eigenvalue weighted by atomic mass is 14.2. The summed E-state index contributed by atoms with van der Waals surface area (Å²) in [5.41, 5.74) is 3.37. The summed E-state index contributed by atoms with van der Waals surface area (Å²) in [7, 11) is 0. The van der Waals surface area contributed by atoms with E-state index in [9.17, 15) is 0 Å². The summed E-state index contributed by atoms with van der Waals surface area (Å²) in [5, 5.41) is 0. The molecule has 0 saturated heterocycles. The number of unbranched alkanes of at least 4 members (excludes halogenated alkanes) is 4. The Hall–Kier alpha value is -0.520. The van der Waals surface area contributed by atoms with Gasteiger partial charge in [-0.15, -0.1) is 0 Å². The predicted molar refractivity (Wildman–Crippen MR) is 87.5 cm³/mol. The molecule has 0 heterocycles. The molecule has 1 fully saturated rings. The quantitative estimate of drug-likeness (QED) is 0.421. The van der Waals surface area contributed by atoms with Crippen LogP contribution >= 0.6 is 0 Å². The van der Waals surface area contributed by atoms with E-state index in [2.05, 4.69) is 32.9 Å². The second-order valence-corrected chi connectivity index (χ2v) is 6.49. The minimum absolute atomic E-state index is 0.835. The highest BCUT2D eigenvalue weighted by Crippen LogP contribution is 2.30. The molecule has 1 saturated carbocycles. The molecule has 0 nitrogen and oxygen atoms in total. The van der Waals surface area contributed by atoms with Crippen LogP contribution in [0.15, 0.2) is 23.3 Å². The topological polar surface area (TPSA) is 0 Å². The van der Waals surface area contributed by atoms with E-state index in [0.717, 1.165) is 5.92 Å². The summed E-state index contributed by atoms with van der Waals surface area (Å²) in [4.78, 5) is 0. The van der Waals surface area contributed by atoms with Gasteiger partial charge in [0.2, 0.25) is 0 Å². The van der Waals surface area contributed by atoms with Crippen LogP contribution in [0.25, 0.3) is 0 Å². The van der Waals surface area contributed by atoms with Gasteiger partial charge in [-0.25, -0.2) is 0 Å². The largest absolute Gasteiger partial charge is 0.0811 e. The van der Waals surface area contributed by atoms with E-state index in [-0.39, 0.29) is 0 Å². The molecular weight excluding hydrogens is 228 g/mol. The van der Waals surface area contributed by atoms with Gasteiger partial charge in [0.05, 0.1) is 0 Å². The van der Waals surface area contributed by atoms with Crippen LogP contribution in [0.1, 0.15) is 91.4 Å². The summed E-state index contributed by atoms with van der Waals surface area (Å²) in [6.07, 6.45) is 20.0. The van der Waals surface area contributed by atoms with Gasteiger partial charge in [-0.05, 0) is 68.4 Å². The first-order chi connectivity index (χ1) is 9.24. The van der Waals surface area contributed by atoms with Gasteiger partial charge in [-0.2, -0.15) is 0 Å². The highest BCUT2D eigenvalue weighted by Gasteiger charge is 2.10. The molecule has 0 unspecified atom stereocenters. The second-order valence-electron chi connectivity index (χ2n) is 6.49. The summed E-state index contributed by atoms with van der Waals surface area (Å²) >= 11 is 0. The zero-order valence-corrected chi connectivity index (χ0v) is 13.5. The molecule has 0 aliphatic heterocycles. The Kier molecular flexibility index (Phi) is 8.95. The van der Waals surface area contributed by atoms with Crippen LogP contribution in [0.2, 0.25) is 0 Å². The Morgan fingerprint density at radius 1 is 0.895 bits per heavy atom. The van der Waals surface area contributed by atoms with Crippen molar-refractivity contribution in [1.82, 2.24) is 0 Å². The van der Waals surface area contributed by atoms with Crippen molar-refractivity contribution < 1.29 is 0 Å². The molecule has 1 rings (SSSR count). The summed E-state index contributed by atoms with van der Waals surface area (Å²) in [6.45, 7) is 6.93. The lowest BCUT2D eigenvalue weighted by Crippen LogP contribution is -1.99. The van der Waals surface area contributed by atoms with Crippen molar-refractivity contribution in [2.45, 2.75) is 91.4 Å². The fraction of sp³-hybridized carbons (Fsp3) is 0.789. The van der Waals surface area contributed by atoms with Crippen LogP contribution in [0.4, 0.5) is 0 Å². The first kappa shape index (κ1) is 16.5. The van der Waals surface area contributed by atoms with E-state index in [0.29, 0.717) is 0 Å². The third-order valence-electron chi connectivity index (χ3n) is 4.14. The summed E-state index contributed by atoms with van der Waals surface area (Å²) in [6, 6.07) is 0. The van der Waals surface area contributed by atoms with Gasteiger partial charge in [0.1, 0.15) is 0 Å². The van der Waals surface area contributed by atoms with Gasteiger partial charge in [0, 0.05) is 0 Å². The number of rotatable bonds is 8. The lowest BCUT2D eigenvalue weighted by atomic mass is 9.87. The minimum atomic E-state index is 0.835. The van der Waals surface area contributed by atoms with E-state index in [1.54, 1.807) is 11.1 Å². The fourth-order valence-electron chi connectivity index (χ4n) is 2.86. The lowest BCUT2D eigenvalue weighted by Gasteiger charge is -2.19. The molecule has 19 heavy (non-hydrogen) atoms. The van der Waals surface area contributed by atoms with Gasteiger partial charge in [0.25, 0.3) is 0 Å². The molecule has 0 heteroatoms. The van der Waals surface area contributed by atoms with Crippen molar-refractivity contribution in [2.24, 2.45) is 5.92 Å². The Morgan fingerprint density at radius 3 is 2.11 bits per heavy atom. The van der Waals surface area contributed by atoms with Gasteiger partial charge in [0.15, 0.2) is 0 Å².